The predicted molar refractivity (Wildman–Crippen MR) is 76.1 cm³/mol. The lowest BCUT2D eigenvalue weighted by Crippen LogP contribution is -2.32. The molecule has 0 bridgehead atoms. The Morgan fingerprint density at radius 1 is 1.30 bits per heavy atom. The van der Waals surface area contributed by atoms with Gasteiger partial charge in [0.15, 0.2) is 0 Å². The van der Waals surface area contributed by atoms with E-state index in [0.29, 0.717) is 5.69 Å². The highest BCUT2D eigenvalue weighted by atomic mass is 16.5. The molecule has 0 aromatic heterocycles. The maximum atomic E-state index is 11.5. The number of rotatable bonds is 7. The zero-order valence-electron chi connectivity index (χ0n) is 11.4. The monoisotopic (exact) mass is 280 g/mol. The second kappa shape index (κ2) is 8.13. The van der Waals surface area contributed by atoms with Crippen LogP contribution in [-0.2, 0) is 9.53 Å². The predicted octanol–water partition coefficient (Wildman–Crippen LogP) is 0.330. The fourth-order valence-electron chi connectivity index (χ4n) is 1.45. The number of nitrogens with two attached hydrogens (primary N) is 2. The molecule has 0 heterocycles. The number of benzene rings is 1. The highest BCUT2D eigenvalue weighted by molar-refractivity contribution is 5.89. The van der Waals surface area contributed by atoms with Crippen LogP contribution < -0.4 is 22.1 Å². The van der Waals surface area contributed by atoms with E-state index in [1.807, 2.05) is 19.1 Å². The van der Waals surface area contributed by atoms with Gasteiger partial charge >= 0.3 is 6.03 Å². The van der Waals surface area contributed by atoms with Crippen molar-refractivity contribution < 1.29 is 14.3 Å². The van der Waals surface area contributed by atoms with Crippen LogP contribution >= 0.6 is 0 Å². The topological polar surface area (TPSA) is 119 Å². The molecule has 0 saturated heterocycles. The molecule has 0 fully saturated rings. The Bertz CT molecular complexity index is 445. The number of amides is 3. The Hall–Kier alpha value is -2.12. The number of carbonyl (C=O) groups is 2. The van der Waals surface area contributed by atoms with Gasteiger partial charge in [-0.3, -0.25) is 4.79 Å². The number of ether oxygens (including phenoxy) is 1. The minimum absolute atomic E-state index is 0.0414. The van der Waals surface area contributed by atoms with Crippen LogP contribution in [0, 0.1) is 0 Å². The summed E-state index contributed by atoms with van der Waals surface area (Å²) in [5, 5.41) is 5.26. The minimum Gasteiger partial charge on any atom is -0.370 e. The van der Waals surface area contributed by atoms with Crippen LogP contribution in [0.1, 0.15) is 18.5 Å². The second-order valence-corrected chi connectivity index (χ2v) is 4.31. The third-order valence-corrected chi connectivity index (χ3v) is 2.47. The SMILES string of the molecule is CC(N)c1ccc(NC(=O)NCCOCC(N)=O)cc1. The molecule has 1 aromatic carbocycles. The van der Waals surface area contributed by atoms with Gasteiger partial charge in [-0.15, -0.1) is 0 Å². The fraction of sp³-hybridized carbons (Fsp3) is 0.385. The van der Waals surface area contributed by atoms with Crippen LogP contribution in [0.15, 0.2) is 24.3 Å². The summed E-state index contributed by atoms with van der Waals surface area (Å²) in [4.78, 5) is 21.9. The number of carbonyl (C=O) groups excluding carboxylic acids is 2. The molecule has 20 heavy (non-hydrogen) atoms. The molecule has 3 amide bonds. The number of hydrogen-bond acceptors (Lipinski definition) is 4. The number of anilines is 1. The fourth-order valence-corrected chi connectivity index (χ4v) is 1.45. The van der Waals surface area contributed by atoms with E-state index in [4.69, 9.17) is 16.2 Å². The minimum atomic E-state index is -0.538. The average molecular weight is 280 g/mol. The lowest BCUT2D eigenvalue weighted by molar-refractivity contribution is -0.122. The number of primary amides is 1. The molecule has 0 radical (unpaired) electrons. The standard InChI is InChI=1S/C13H20N4O3/c1-9(14)10-2-4-11(5-3-10)17-13(19)16-6-7-20-8-12(15)18/h2-5,9H,6-8,14H2,1H3,(H2,15,18)(H2,16,17,19). The summed E-state index contributed by atoms with van der Waals surface area (Å²) in [5.74, 6) is -0.538. The van der Waals surface area contributed by atoms with Crippen LogP contribution in [-0.4, -0.2) is 31.7 Å². The first kappa shape index (κ1) is 15.9. The van der Waals surface area contributed by atoms with Crippen LogP contribution in [0.4, 0.5) is 10.5 Å². The normalized spacial score (nSPS) is 11.7. The first-order chi connectivity index (χ1) is 9.49. The maximum absolute atomic E-state index is 11.5. The molecule has 0 saturated carbocycles. The van der Waals surface area contributed by atoms with E-state index in [1.54, 1.807) is 12.1 Å². The van der Waals surface area contributed by atoms with Gasteiger partial charge in [-0.2, -0.15) is 0 Å². The first-order valence-corrected chi connectivity index (χ1v) is 6.25. The van der Waals surface area contributed by atoms with Gasteiger partial charge in [0.2, 0.25) is 5.91 Å². The van der Waals surface area contributed by atoms with Crippen molar-refractivity contribution in [3.05, 3.63) is 29.8 Å². The van der Waals surface area contributed by atoms with Crippen molar-refractivity contribution in [2.24, 2.45) is 11.5 Å². The Kier molecular flexibility index (Phi) is 6.48. The summed E-state index contributed by atoms with van der Waals surface area (Å²) in [7, 11) is 0. The molecular weight excluding hydrogens is 260 g/mol. The summed E-state index contributed by atoms with van der Waals surface area (Å²) < 4.78 is 4.91. The summed E-state index contributed by atoms with van der Waals surface area (Å²) in [6.07, 6.45) is 0. The van der Waals surface area contributed by atoms with Crippen LogP contribution in [0.2, 0.25) is 0 Å². The van der Waals surface area contributed by atoms with Gasteiger partial charge in [0.05, 0.1) is 6.61 Å². The van der Waals surface area contributed by atoms with Crippen molar-refractivity contribution in [1.82, 2.24) is 5.32 Å². The van der Waals surface area contributed by atoms with E-state index in [2.05, 4.69) is 10.6 Å². The Labute approximate surface area is 117 Å². The zero-order chi connectivity index (χ0) is 15.0. The average Bonchev–Trinajstić information content (AvgIpc) is 2.38. The summed E-state index contributed by atoms with van der Waals surface area (Å²) in [6.45, 7) is 2.25. The molecule has 1 aromatic rings. The van der Waals surface area contributed by atoms with E-state index in [0.717, 1.165) is 5.56 Å². The first-order valence-electron chi connectivity index (χ1n) is 6.25. The van der Waals surface area contributed by atoms with E-state index < -0.39 is 5.91 Å². The number of urea groups is 1. The van der Waals surface area contributed by atoms with E-state index in [9.17, 15) is 9.59 Å². The molecule has 0 spiro atoms. The molecule has 1 rings (SSSR count). The third kappa shape index (κ3) is 6.17. The molecule has 0 aliphatic heterocycles. The molecular formula is C13H20N4O3. The Morgan fingerprint density at radius 3 is 2.50 bits per heavy atom. The molecule has 7 nitrogen and oxygen atoms in total. The van der Waals surface area contributed by atoms with Crippen LogP contribution in [0.25, 0.3) is 0 Å². The van der Waals surface area contributed by atoms with Gasteiger partial charge in [0, 0.05) is 18.3 Å². The third-order valence-electron chi connectivity index (χ3n) is 2.47. The van der Waals surface area contributed by atoms with Crippen molar-refractivity contribution in [1.29, 1.82) is 0 Å². The number of nitrogens with one attached hydrogen (secondary N) is 2. The molecule has 7 heteroatoms. The van der Waals surface area contributed by atoms with Crippen LogP contribution in [0.3, 0.4) is 0 Å². The molecule has 0 aliphatic rings. The van der Waals surface area contributed by atoms with Crippen molar-refractivity contribution in [2.45, 2.75) is 13.0 Å². The summed E-state index contributed by atoms with van der Waals surface area (Å²) >= 11 is 0. The van der Waals surface area contributed by atoms with Gasteiger partial charge in [-0.25, -0.2) is 4.79 Å². The van der Waals surface area contributed by atoms with Crippen molar-refractivity contribution in [3.8, 4) is 0 Å². The molecule has 1 unspecified atom stereocenters. The van der Waals surface area contributed by atoms with E-state index >= 15 is 0 Å². The lowest BCUT2D eigenvalue weighted by Gasteiger charge is -2.09. The molecule has 0 aliphatic carbocycles. The highest BCUT2D eigenvalue weighted by Gasteiger charge is 2.03. The molecule has 110 valence electrons. The highest BCUT2D eigenvalue weighted by Crippen LogP contribution is 2.13. The Morgan fingerprint density at radius 2 is 1.95 bits per heavy atom. The maximum Gasteiger partial charge on any atom is 0.319 e. The largest absolute Gasteiger partial charge is 0.370 e. The van der Waals surface area contributed by atoms with Gasteiger partial charge in [0.25, 0.3) is 0 Å². The van der Waals surface area contributed by atoms with Crippen molar-refractivity contribution in [2.75, 3.05) is 25.1 Å². The van der Waals surface area contributed by atoms with Gasteiger partial charge in [-0.05, 0) is 24.6 Å². The zero-order valence-corrected chi connectivity index (χ0v) is 11.4. The summed E-state index contributed by atoms with van der Waals surface area (Å²) in [5.41, 5.74) is 12.3. The lowest BCUT2D eigenvalue weighted by atomic mass is 10.1. The smallest absolute Gasteiger partial charge is 0.319 e. The van der Waals surface area contributed by atoms with Crippen molar-refractivity contribution >= 4 is 17.6 Å². The van der Waals surface area contributed by atoms with Gasteiger partial charge in [-0.1, -0.05) is 12.1 Å². The van der Waals surface area contributed by atoms with Crippen LogP contribution in [0.5, 0.6) is 0 Å². The summed E-state index contributed by atoms with van der Waals surface area (Å²) in [6, 6.07) is 6.89. The Balaban J connectivity index is 2.26. The van der Waals surface area contributed by atoms with Gasteiger partial charge < -0.3 is 26.8 Å². The van der Waals surface area contributed by atoms with Crippen molar-refractivity contribution in [3.63, 3.8) is 0 Å². The molecule has 1 atom stereocenters. The van der Waals surface area contributed by atoms with E-state index in [-0.39, 0.29) is 31.8 Å². The quantitative estimate of drug-likeness (QED) is 0.538. The second-order valence-electron chi connectivity index (χ2n) is 4.31. The van der Waals surface area contributed by atoms with E-state index in [1.165, 1.54) is 0 Å². The molecule has 6 N–H and O–H groups in total. The number of hydrogen-bond donors (Lipinski definition) is 4. The van der Waals surface area contributed by atoms with Gasteiger partial charge in [0.1, 0.15) is 6.61 Å².